The van der Waals surface area contributed by atoms with Gasteiger partial charge in [0.1, 0.15) is 6.61 Å². The summed E-state index contributed by atoms with van der Waals surface area (Å²) in [5, 5.41) is 7.60. The molecule has 0 aliphatic carbocycles. The minimum Gasteiger partial charge on any atom is -0.478 e. The van der Waals surface area contributed by atoms with Crippen molar-refractivity contribution in [3.8, 4) is 0 Å². The molecule has 1 N–H and O–H groups in total. The molecule has 90 valence electrons. The van der Waals surface area contributed by atoms with E-state index in [0.29, 0.717) is 6.61 Å². The molecule has 0 aromatic carbocycles. The summed E-state index contributed by atoms with van der Waals surface area (Å²) in [6.07, 6.45) is 4.16. The van der Waals surface area contributed by atoms with Crippen molar-refractivity contribution in [3.05, 3.63) is 25.3 Å². The van der Waals surface area contributed by atoms with Crippen LogP contribution in [0.4, 0.5) is 0 Å². The number of carboxylic acids is 1. The zero-order valence-corrected chi connectivity index (χ0v) is 9.05. The van der Waals surface area contributed by atoms with Gasteiger partial charge in [-0.3, -0.25) is 0 Å². The lowest BCUT2D eigenvalue weighted by molar-refractivity contribution is -0.140. The average molecular weight is 228 g/mol. The van der Waals surface area contributed by atoms with E-state index < -0.39 is 5.97 Å². The summed E-state index contributed by atoms with van der Waals surface area (Å²) in [4.78, 5) is 19.8. The molecule has 1 unspecified atom stereocenters. The van der Waals surface area contributed by atoms with Gasteiger partial charge in [-0.1, -0.05) is 13.2 Å². The SMILES string of the molecule is C=CC(=O)O.C=CC(=O)OCC1CCCO1. The van der Waals surface area contributed by atoms with Gasteiger partial charge < -0.3 is 14.6 Å². The lowest BCUT2D eigenvalue weighted by Crippen LogP contribution is -2.16. The van der Waals surface area contributed by atoms with Crippen LogP contribution in [0.1, 0.15) is 12.8 Å². The van der Waals surface area contributed by atoms with Crippen LogP contribution < -0.4 is 0 Å². The molecule has 0 aromatic heterocycles. The molecule has 1 atom stereocenters. The van der Waals surface area contributed by atoms with Gasteiger partial charge in [-0.05, 0) is 12.8 Å². The molecule has 1 aliphatic heterocycles. The van der Waals surface area contributed by atoms with E-state index in [1.807, 2.05) is 0 Å². The Balaban J connectivity index is 0.000000385. The van der Waals surface area contributed by atoms with Gasteiger partial charge in [-0.2, -0.15) is 0 Å². The van der Waals surface area contributed by atoms with E-state index >= 15 is 0 Å². The molecular formula is C11H16O5. The van der Waals surface area contributed by atoms with Gasteiger partial charge in [0.25, 0.3) is 0 Å². The Morgan fingerprint density at radius 3 is 2.44 bits per heavy atom. The number of carbonyl (C=O) groups excluding carboxylic acids is 1. The lowest BCUT2D eigenvalue weighted by atomic mass is 10.2. The number of carboxylic acid groups (broad SMARTS) is 1. The smallest absolute Gasteiger partial charge is 0.330 e. The molecule has 0 amide bonds. The fraction of sp³-hybridized carbons (Fsp3) is 0.455. The molecule has 0 bridgehead atoms. The predicted octanol–water partition coefficient (Wildman–Crippen LogP) is 1.15. The van der Waals surface area contributed by atoms with Crippen molar-refractivity contribution >= 4 is 11.9 Å². The average Bonchev–Trinajstić information content (AvgIpc) is 2.79. The number of carbonyl (C=O) groups is 2. The van der Waals surface area contributed by atoms with Crippen LogP contribution >= 0.6 is 0 Å². The highest BCUT2D eigenvalue weighted by Crippen LogP contribution is 2.11. The van der Waals surface area contributed by atoms with Crippen molar-refractivity contribution in [2.75, 3.05) is 13.2 Å². The van der Waals surface area contributed by atoms with Crippen molar-refractivity contribution in [1.29, 1.82) is 0 Å². The summed E-state index contributed by atoms with van der Waals surface area (Å²) in [6.45, 7) is 7.41. The minimum absolute atomic E-state index is 0.110. The van der Waals surface area contributed by atoms with E-state index in [-0.39, 0.29) is 12.1 Å². The normalized spacial score (nSPS) is 17.9. The Bertz CT molecular complexity index is 253. The van der Waals surface area contributed by atoms with Gasteiger partial charge in [0, 0.05) is 18.8 Å². The molecule has 1 aliphatic rings. The maximum Gasteiger partial charge on any atom is 0.330 e. The zero-order chi connectivity index (χ0) is 12.4. The molecule has 0 radical (unpaired) electrons. The Labute approximate surface area is 94.4 Å². The number of hydrogen-bond acceptors (Lipinski definition) is 4. The fourth-order valence-corrected chi connectivity index (χ4v) is 1.01. The van der Waals surface area contributed by atoms with E-state index in [4.69, 9.17) is 14.6 Å². The number of rotatable bonds is 4. The van der Waals surface area contributed by atoms with E-state index in [2.05, 4.69) is 13.2 Å². The van der Waals surface area contributed by atoms with E-state index in [0.717, 1.165) is 31.6 Å². The maximum atomic E-state index is 10.6. The van der Waals surface area contributed by atoms with Crippen LogP contribution in [0.15, 0.2) is 25.3 Å². The Hall–Kier alpha value is -1.62. The second kappa shape index (κ2) is 8.67. The quantitative estimate of drug-likeness (QED) is 0.577. The van der Waals surface area contributed by atoms with Crippen molar-refractivity contribution in [3.63, 3.8) is 0 Å². The van der Waals surface area contributed by atoms with Crippen LogP contribution in [0.3, 0.4) is 0 Å². The van der Waals surface area contributed by atoms with Crippen molar-refractivity contribution in [2.45, 2.75) is 18.9 Å². The van der Waals surface area contributed by atoms with Crippen molar-refractivity contribution in [2.24, 2.45) is 0 Å². The van der Waals surface area contributed by atoms with Gasteiger partial charge in [0.15, 0.2) is 0 Å². The monoisotopic (exact) mass is 228 g/mol. The van der Waals surface area contributed by atoms with Gasteiger partial charge >= 0.3 is 11.9 Å². The topological polar surface area (TPSA) is 72.8 Å². The third-order valence-electron chi connectivity index (χ3n) is 1.78. The highest BCUT2D eigenvalue weighted by molar-refractivity contribution is 5.81. The largest absolute Gasteiger partial charge is 0.478 e. The van der Waals surface area contributed by atoms with E-state index in [9.17, 15) is 9.59 Å². The first-order valence-electron chi connectivity index (χ1n) is 4.86. The van der Waals surface area contributed by atoms with Crippen molar-refractivity contribution < 1.29 is 24.2 Å². The first-order chi connectivity index (χ1) is 7.60. The molecule has 1 fully saturated rings. The molecule has 1 heterocycles. The Morgan fingerprint density at radius 2 is 2.06 bits per heavy atom. The van der Waals surface area contributed by atoms with Gasteiger partial charge in [-0.15, -0.1) is 0 Å². The lowest BCUT2D eigenvalue weighted by Gasteiger charge is -2.07. The van der Waals surface area contributed by atoms with Gasteiger partial charge in [0.05, 0.1) is 6.10 Å². The maximum absolute atomic E-state index is 10.6. The highest BCUT2D eigenvalue weighted by Gasteiger charge is 2.16. The molecule has 1 saturated heterocycles. The molecule has 0 spiro atoms. The van der Waals surface area contributed by atoms with Gasteiger partial charge in [0.2, 0.25) is 0 Å². The van der Waals surface area contributed by atoms with Crippen LogP contribution in [0.2, 0.25) is 0 Å². The molecule has 0 saturated carbocycles. The summed E-state index contributed by atoms with van der Waals surface area (Å²) < 4.78 is 10.0. The molecule has 16 heavy (non-hydrogen) atoms. The van der Waals surface area contributed by atoms with Crippen LogP contribution in [0.5, 0.6) is 0 Å². The molecular weight excluding hydrogens is 212 g/mol. The minimum atomic E-state index is -0.981. The highest BCUT2D eigenvalue weighted by atomic mass is 16.6. The Kier molecular flexibility index (Phi) is 7.79. The summed E-state index contributed by atoms with van der Waals surface area (Å²) in [5.41, 5.74) is 0. The molecule has 5 nitrogen and oxygen atoms in total. The first kappa shape index (κ1) is 14.4. The van der Waals surface area contributed by atoms with Crippen molar-refractivity contribution in [1.82, 2.24) is 0 Å². The summed E-state index contributed by atoms with van der Waals surface area (Å²) in [5.74, 6) is -1.36. The fourth-order valence-electron chi connectivity index (χ4n) is 1.01. The standard InChI is InChI=1S/C8H12O3.C3H4O2/c1-2-8(9)11-6-7-4-3-5-10-7;1-2-3(4)5/h2,7H,1,3-6H2;2H,1H2,(H,4,5). The number of esters is 1. The number of aliphatic carboxylic acids is 1. The first-order valence-corrected chi connectivity index (χ1v) is 4.86. The predicted molar refractivity (Wildman–Crippen MR) is 58.0 cm³/mol. The van der Waals surface area contributed by atoms with Crippen LogP contribution in [-0.2, 0) is 19.1 Å². The molecule has 1 rings (SSSR count). The summed E-state index contributed by atoms with van der Waals surface area (Å²) in [6, 6.07) is 0. The van der Waals surface area contributed by atoms with Crippen LogP contribution in [-0.4, -0.2) is 36.4 Å². The molecule has 0 aromatic rings. The van der Waals surface area contributed by atoms with E-state index in [1.165, 1.54) is 0 Å². The van der Waals surface area contributed by atoms with Crippen LogP contribution in [0, 0.1) is 0 Å². The summed E-state index contributed by atoms with van der Waals surface area (Å²) >= 11 is 0. The molecule has 5 heteroatoms. The number of ether oxygens (including phenoxy) is 2. The third kappa shape index (κ3) is 7.75. The second-order valence-corrected chi connectivity index (χ2v) is 3.01. The Morgan fingerprint density at radius 1 is 1.44 bits per heavy atom. The number of hydrogen-bond donors (Lipinski definition) is 1. The van der Waals surface area contributed by atoms with E-state index in [1.54, 1.807) is 0 Å². The third-order valence-corrected chi connectivity index (χ3v) is 1.78. The zero-order valence-electron chi connectivity index (χ0n) is 9.05. The van der Waals surface area contributed by atoms with Gasteiger partial charge in [-0.25, -0.2) is 9.59 Å². The summed E-state index contributed by atoms with van der Waals surface area (Å²) in [7, 11) is 0. The second-order valence-electron chi connectivity index (χ2n) is 3.01. The van der Waals surface area contributed by atoms with Crippen LogP contribution in [0.25, 0.3) is 0 Å².